The number of nitrogens with zero attached hydrogens (tertiary/aromatic N) is 1. The summed E-state index contributed by atoms with van der Waals surface area (Å²) < 4.78 is 53.7. The van der Waals surface area contributed by atoms with Crippen molar-refractivity contribution in [3.63, 3.8) is 0 Å². The first-order valence-corrected chi connectivity index (χ1v) is 10.2. The molecular formula is C16H13F2NO2S3. The van der Waals surface area contributed by atoms with Crippen LogP contribution >= 0.6 is 22.7 Å². The molecule has 0 fully saturated rings. The van der Waals surface area contributed by atoms with Gasteiger partial charge in [-0.1, -0.05) is 12.1 Å². The van der Waals surface area contributed by atoms with E-state index >= 15 is 0 Å². The van der Waals surface area contributed by atoms with Gasteiger partial charge in [0.2, 0.25) is 10.0 Å². The Hall–Kier alpha value is -1.61. The van der Waals surface area contributed by atoms with Gasteiger partial charge >= 0.3 is 0 Å². The predicted molar refractivity (Wildman–Crippen MR) is 91.4 cm³/mol. The molecule has 0 saturated heterocycles. The monoisotopic (exact) mass is 385 g/mol. The van der Waals surface area contributed by atoms with Crippen LogP contribution in [-0.2, 0) is 23.1 Å². The molecule has 2 heterocycles. The first-order valence-electron chi connectivity index (χ1n) is 6.97. The summed E-state index contributed by atoms with van der Waals surface area (Å²) >= 11 is 2.89. The minimum Gasteiger partial charge on any atom is -0.207 e. The van der Waals surface area contributed by atoms with Crippen molar-refractivity contribution in [1.29, 1.82) is 0 Å². The summed E-state index contributed by atoms with van der Waals surface area (Å²) in [4.78, 5) is 1.49. The van der Waals surface area contributed by atoms with E-state index in [1.54, 1.807) is 0 Å². The second-order valence-corrected chi connectivity index (χ2v) is 9.01. The molecule has 1 aromatic carbocycles. The van der Waals surface area contributed by atoms with Crippen LogP contribution in [0.5, 0.6) is 0 Å². The van der Waals surface area contributed by atoms with Gasteiger partial charge in [0, 0.05) is 22.8 Å². The second-order valence-electron chi connectivity index (χ2n) is 5.01. The third-order valence-corrected chi connectivity index (χ3v) is 6.86. The van der Waals surface area contributed by atoms with Crippen LogP contribution in [0, 0.1) is 11.6 Å². The van der Waals surface area contributed by atoms with Gasteiger partial charge in [0.15, 0.2) is 11.6 Å². The number of halogens is 2. The summed E-state index contributed by atoms with van der Waals surface area (Å²) in [6, 6.07) is 10.0. The van der Waals surface area contributed by atoms with E-state index in [-0.39, 0.29) is 18.0 Å². The smallest absolute Gasteiger partial charge is 0.207 e. The molecular weight excluding hydrogens is 372 g/mol. The van der Waals surface area contributed by atoms with E-state index in [1.807, 2.05) is 35.0 Å². The minimum atomic E-state index is -3.95. The quantitative estimate of drug-likeness (QED) is 0.627. The van der Waals surface area contributed by atoms with Crippen molar-refractivity contribution >= 4 is 32.7 Å². The van der Waals surface area contributed by atoms with Gasteiger partial charge in [0.25, 0.3) is 0 Å². The van der Waals surface area contributed by atoms with Crippen LogP contribution in [0.15, 0.2) is 58.1 Å². The van der Waals surface area contributed by atoms with E-state index in [2.05, 4.69) is 0 Å². The highest BCUT2D eigenvalue weighted by Gasteiger charge is 2.26. The zero-order chi connectivity index (χ0) is 17.2. The van der Waals surface area contributed by atoms with E-state index in [0.717, 1.165) is 28.0 Å². The van der Waals surface area contributed by atoms with E-state index in [0.29, 0.717) is 0 Å². The Morgan fingerprint density at radius 3 is 1.92 bits per heavy atom. The summed E-state index contributed by atoms with van der Waals surface area (Å²) in [6.45, 7) is 0.355. The van der Waals surface area contributed by atoms with Crippen molar-refractivity contribution in [2.45, 2.75) is 18.0 Å². The van der Waals surface area contributed by atoms with Crippen LogP contribution in [0.25, 0.3) is 0 Å². The van der Waals surface area contributed by atoms with E-state index in [9.17, 15) is 17.2 Å². The van der Waals surface area contributed by atoms with E-state index in [4.69, 9.17) is 0 Å². The fraction of sp³-hybridized carbons (Fsp3) is 0.125. The standard InChI is InChI=1S/C16H13F2NO2S3/c17-15-6-5-14(9-16(15)18)24(20,21)19(10-12-3-1-7-22-12)11-13-4-2-8-23-13/h1-9H,10-11H2. The number of thiophene rings is 2. The van der Waals surface area contributed by atoms with Crippen molar-refractivity contribution < 1.29 is 17.2 Å². The lowest BCUT2D eigenvalue weighted by molar-refractivity contribution is 0.406. The summed E-state index contributed by atoms with van der Waals surface area (Å²) in [7, 11) is -3.95. The molecule has 0 N–H and O–H groups in total. The third-order valence-electron chi connectivity index (χ3n) is 3.35. The van der Waals surface area contributed by atoms with Crippen molar-refractivity contribution in [3.8, 4) is 0 Å². The first-order chi connectivity index (χ1) is 11.5. The lowest BCUT2D eigenvalue weighted by Gasteiger charge is -2.21. The van der Waals surface area contributed by atoms with Crippen molar-refractivity contribution in [2.75, 3.05) is 0 Å². The highest BCUT2D eigenvalue weighted by atomic mass is 32.2. The van der Waals surface area contributed by atoms with Gasteiger partial charge in [0.1, 0.15) is 0 Å². The van der Waals surface area contributed by atoms with Crippen LogP contribution < -0.4 is 0 Å². The van der Waals surface area contributed by atoms with Gasteiger partial charge in [-0.15, -0.1) is 22.7 Å². The molecule has 0 aliphatic carbocycles. The predicted octanol–water partition coefficient (Wildman–Crippen LogP) is 4.48. The maximum absolute atomic E-state index is 13.5. The van der Waals surface area contributed by atoms with Crippen LogP contribution in [0.2, 0.25) is 0 Å². The molecule has 3 rings (SSSR count). The number of rotatable bonds is 6. The zero-order valence-electron chi connectivity index (χ0n) is 12.4. The molecule has 0 radical (unpaired) electrons. The number of hydrogen-bond donors (Lipinski definition) is 0. The van der Waals surface area contributed by atoms with Crippen LogP contribution in [0.1, 0.15) is 9.75 Å². The lowest BCUT2D eigenvalue weighted by Crippen LogP contribution is -2.29. The van der Waals surface area contributed by atoms with Gasteiger partial charge in [-0.05, 0) is 41.1 Å². The van der Waals surface area contributed by atoms with E-state index in [1.165, 1.54) is 27.0 Å². The molecule has 0 aliphatic heterocycles. The fourth-order valence-corrected chi connectivity index (χ4v) is 5.18. The normalized spacial score (nSPS) is 12.0. The molecule has 0 amide bonds. The molecule has 0 saturated carbocycles. The molecule has 126 valence electrons. The maximum Gasteiger partial charge on any atom is 0.243 e. The lowest BCUT2D eigenvalue weighted by atomic mass is 10.3. The molecule has 24 heavy (non-hydrogen) atoms. The van der Waals surface area contributed by atoms with Crippen molar-refractivity contribution in [1.82, 2.24) is 4.31 Å². The molecule has 0 bridgehead atoms. The minimum absolute atomic E-state index is 0.177. The Morgan fingerprint density at radius 2 is 1.46 bits per heavy atom. The Morgan fingerprint density at radius 1 is 0.875 bits per heavy atom. The topological polar surface area (TPSA) is 37.4 Å². The number of sulfonamides is 1. The summed E-state index contributed by atoms with van der Waals surface area (Å²) in [5, 5.41) is 3.73. The van der Waals surface area contributed by atoms with Gasteiger partial charge in [0.05, 0.1) is 4.90 Å². The second kappa shape index (κ2) is 7.10. The third kappa shape index (κ3) is 3.72. The average Bonchev–Trinajstić information content (AvgIpc) is 3.23. The highest BCUT2D eigenvalue weighted by Crippen LogP contribution is 2.25. The van der Waals surface area contributed by atoms with Gasteiger partial charge in [-0.3, -0.25) is 0 Å². The Balaban J connectivity index is 1.97. The summed E-state index contributed by atoms with van der Waals surface area (Å²) in [5.41, 5.74) is 0. The molecule has 0 spiro atoms. The van der Waals surface area contributed by atoms with E-state index < -0.39 is 21.7 Å². The van der Waals surface area contributed by atoms with Gasteiger partial charge < -0.3 is 0 Å². The SMILES string of the molecule is O=S(=O)(c1ccc(F)c(F)c1)N(Cc1cccs1)Cc1cccs1. The molecule has 0 atom stereocenters. The highest BCUT2D eigenvalue weighted by molar-refractivity contribution is 7.89. The largest absolute Gasteiger partial charge is 0.243 e. The molecule has 0 unspecified atom stereocenters. The molecule has 0 aliphatic rings. The Kier molecular flexibility index (Phi) is 5.09. The maximum atomic E-state index is 13.5. The molecule has 3 nitrogen and oxygen atoms in total. The number of hydrogen-bond acceptors (Lipinski definition) is 4. The Labute approximate surface area is 146 Å². The van der Waals surface area contributed by atoms with Crippen molar-refractivity contribution in [3.05, 3.63) is 74.6 Å². The van der Waals surface area contributed by atoms with Crippen LogP contribution in [0.3, 0.4) is 0 Å². The fourth-order valence-electron chi connectivity index (χ4n) is 2.16. The van der Waals surface area contributed by atoms with Crippen LogP contribution in [0.4, 0.5) is 8.78 Å². The summed E-state index contributed by atoms with van der Waals surface area (Å²) in [5.74, 6) is -2.25. The first kappa shape index (κ1) is 17.2. The number of benzene rings is 1. The zero-order valence-corrected chi connectivity index (χ0v) is 14.8. The van der Waals surface area contributed by atoms with Crippen LogP contribution in [-0.4, -0.2) is 12.7 Å². The molecule has 2 aromatic heterocycles. The van der Waals surface area contributed by atoms with Gasteiger partial charge in [-0.25, -0.2) is 17.2 Å². The Bertz CT molecular complexity index is 871. The average molecular weight is 385 g/mol. The van der Waals surface area contributed by atoms with Gasteiger partial charge in [-0.2, -0.15) is 4.31 Å². The molecule has 8 heteroatoms. The van der Waals surface area contributed by atoms with Crippen molar-refractivity contribution in [2.24, 2.45) is 0 Å². The summed E-state index contributed by atoms with van der Waals surface area (Å²) in [6.07, 6.45) is 0. The molecule has 3 aromatic rings.